The third-order valence-electron chi connectivity index (χ3n) is 9.41. The first-order valence-corrected chi connectivity index (χ1v) is 14.8. The number of aromatic nitrogens is 2. The summed E-state index contributed by atoms with van der Waals surface area (Å²) in [6.45, 7) is 3.82. The van der Waals surface area contributed by atoms with Crippen LogP contribution in [0, 0.1) is 17.8 Å². The molecule has 0 bridgehead atoms. The van der Waals surface area contributed by atoms with Gasteiger partial charge in [0.15, 0.2) is 5.54 Å². The molecule has 9 nitrogen and oxygen atoms in total. The Hall–Kier alpha value is -3.41. The Labute approximate surface area is 242 Å². The van der Waals surface area contributed by atoms with Crippen molar-refractivity contribution in [3.05, 3.63) is 47.3 Å². The minimum Gasteiger partial charge on any atom is -0.339 e. The van der Waals surface area contributed by atoms with Crippen LogP contribution in [0.5, 0.6) is 0 Å². The highest BCUT2D eigenvalue weighted by atomic mass is 19.4. The molecule has 0 unspecified atom stereocenters. The van der Waals surface area contributed by atoms with Crippen molar-refractivity contribution >= 4 is 23.4 Å². The van der Waals surface area contributed by atoms with Crippen LogP contribution in [0.25, 0.3) is 0 Å². The summed E-state index contributed by atoms with van der Waals surface area (Å²) in [6.07, 6.45) is 1.50. The van der Waals surface area contributed by atoms with Gasteiger partial charge in [-0.15, -0.1) is 0 Å². The van der Waals surface area contributed by atoms with Crippen molar-refractivity contribution < 1.29 is 27.6 Å². The van der Waals surface area contributed by atoms with Crippen LogP contribution < -0.4 is 16.4 Å². The number of nitrogens with two attached hydrogens (primary N) is 1. The van der Waals surface area contributed by atoms with Crippen LogP contribution >= 0.6 is 0 Å². The lowest BCUT2D eigenvalue weighted by atomic mass is 9.88. The number of likely N-dealkylation sites (tertiary alicyclic amines) is 1. The Balaban J connectivity index is 1.20. The van der Waals surface area contributed by atoms with Crippen LogP contribution in [0.2, 0.25) is 0 Å². The molecule has 1 saturated heterocycles. The van der Waals surface area contributed by atoms with Crippen LogP contribution in [0.3, 0.4) is 0 Å². The van der Waals surface area contributed by atoms with E-state index in [1.165, 1.54) is 4.90 Å². The summed E-state index contributed by atoms with van der Waals surface area (Å²) in [4.78, 5) is 41.2. The zero-order chi connectivity index (χ0) is 30.0. The summed E-state index contributed by atoms with van der Waals surface area (Å²) in [5.41, 5.74) is 5.27. The molecular weight excluding hydrogens is 549 g/mol. The fourth-order valence-electron chi connectivity index (χ4n) is 6.89. The van der Waals surface area contributed by atoms with Gasteiger partial charge in [0.2, 0.25) is 5.91 Å². The highest BCUT2D eigenvalue weighted by Gasteiger charge is 2.63. The molecule has 0 radical (unpaired) electrons. The molecule has 12 heteroatoms. The second kappa shape index (κ2) is 10.4. The van der Waals surface area contributed by atoms with E-state index in [4.69, 9.17) is 5.73 Å². The van der Waals surface area contributed by atoms with Crippen LogP contribution in [0.15, 0.2) is 30.5 Å². The molecule has 3 fully saturated rings. The number of aryl methyl sites for hydroxylation is 1. The van der Waals surface area contributed by atoms with Gasteiger partial charge in [-0.1, -0.05) is 6.07 Å². The fourth-order valence-corrected chi connectivity index (χ4v) is 6.89. The maximum atomic E-state index is 13.8. The molecule has 1 aliphatic heterocycles. The Bertz CT molecular complexity index is 1390. The highest BCUT2D eigenvalue weighted by Crippen LogP contribution is 2.51. The molecule has 1 aromatic carbocycles. The molecule has 3 aliphatic carbocycles. The number of alkyl halides is 3. The van der Waals surface area contributed by atoms with Gasteiger partial charge < -0.3 is 21.3 Å². The Morgan fingerprint density at radius 1 is 1.10 bits per heavy atom. The second-order valence-corrected chi connectivity index (χ2v) is 12.6. The molecule has 42 heavy (non-hydrogen) atoms. The number of benzene rings is 1. The summed E-state index contributed by atoms with van der Waals surface area (Å²) < 4.78 is 42.2. The van der Waals surface area contributed by atoms with E-state index >= 15 is 0 Å². The number of halogens is 3. The molecule has 2 aromatic rings. The van der Waals surface area contributed by atoms with Crippen molar-refractivity contribution in [3.8, 4) is 0 Å². The van der Waals surface area contributed by atoms with Gasteiger partial charge >= 0.3 is 6.18 Å². The zero-order valence-electron chi connectivity index (χ0n) is 23.8. The minimum atomic E-state index is -4.81. The number of hydrogen-bond donors (Lipinski definition) is 3. The van der Waals surface area contributed by atoms with Crippen LogP contribution in [0.1, 0.15) is 86.1 Å². The molecule has 3 atom stereocenters. The predicted octanol–water partition coefficient (Wildman–Crippen LogP) is 4.12. The molecule has 3 amide bonds. The fraction of sp³-hybridized carbons (Fsp3) is 0.600. The smallest absolute Gasteiger partial charge is 0.339 e. The maximum absolute atomic E-state index is 13.8. The summed E-state index contributed by atoms with van der Waals surface area (Å²) in [6, 6.07) is 5.74. The van der Waals surface area contributed by atoms with Crippen LogP contribution in [-0.4, -0.2) is 56.7 Å². The van der Waals surface area contributed by atoms with E-state index in [0.29, 0.717) is 36.1 Å². The van der Waals surface area contributed by atoms with E-state index < -0.39 is 36.1 Å². The number of fused-ring (bicyclic) bond motifs is 1. The van der Waals surface area contributed by atoms with Gasteiger partial charge in [0.1, 0.15) is 11.7 Å². The first-order valence-electron chi connectivity index (χ1n) is 14.8. The van der Waals surface area contributed by atoms with Gasteiger partial charge in [-0.25, -0.2) is 0 Å². The Morgan fingerprint density at radius 2 is 1.79 bits per heavy atom. The van der Waals surface area contributed by atoms with Crippen molar-refractivity contribution in [3.63, 3.8) is 0 Å². The summed E-state index contributed by atoms with van der Waals surface area (Å²) in [5, 5.41) is 10.3. The number of anilines is 1. The average Bonchev–Trinajstić information content (AvgIpc) is 3.83. The summed E-state index contributed by atoms with van der Waals surface area (Å²) >= 11 is 0. The first-order chi connectivity index (χ1) is 19.9. The van der Waals surface area contributed by atoms with Gasteiger partial charge in [-0.3, -0.25) is 19.1 Å². The molecule has 226 valence electrons. The van der Waals surface area contributed by atoms with Crippen molar-refractivity contribution in [2.75, 3.05) is 11.9 Å². The number of hydrogen-bond acceptors (Lipinski definition) is 5. The van der Waals surface area contributed by atoms with Gasteiger partial charge in [0, 0.05) is 30.9 Å². The monoisotopic (exact) mass is 586 g/mol. The van der Waals surface area contributed by atoms with E-state index in [0.717, 1.165) is 36.8 Å². The number of nitrogens with one attached hydrogen (secondary N) is 2. The first kappa shape index (κ1) is 28.7. The SMILES string of the molecule is CC(C)n1nccc1C(=O)N[C@H](C(=O)Nc1ccc2c(c1)CC[C@H]2N1CC[C@](N)(C(F)(F)F)C1=O)C(C1CC1)C1CC1. The van der Waals surface area contributed by atoms with E-state index in [-0.39, 0.29) is 30.3 Å². The minimum absolute atomic E-state index is 0.0171. The Kier molecular flexibility index (Phi) is 7.10. The lowest BCUT2D eigenvalue weighted by Crippen LogP contribution is -2.59. The number of nitrogens with zero attached hydrogens (tertiary/aromatic N) is 3. The van der Waals surface area contributed by atoms with Crippen LogP contribution in [0.4, 0.5) is 18.9 Å². The highest BCUT2D eigenvalue weighted by molar-refractivity contribution is 6.01. The molecule has 4 N–H and O–H groups in total. The van der Waals surface area contributed by atoms with Crippen molar-refractivity contribution in [2.24, 2.45) is 23.5 Å². The Morgan fingerprint density at radius 3 is 2.38 bits per heavy atom. The van der Waals surface area contributed by atoms with Gasteiger partial charge in [-0.2, -0.15) is 18.3 Å². The van der Waals surface area contributed by atoms with E-state index in [2.05, 4.69) is 15.7 Å². The summed E-state index contributed by atoms with van der Waals surface area (Å²) in [5.74, 6) is -0.870. The molecular formula is C30H37F3N6O3. The van der Waals surface area contributed by atoms with Gasteiger partial charge in [-0.05, 0) is 99.5 Å². The largest absolute Gasteiger partial charge is 0.415 e. The van der Waals surface area contributed by atoms with Crippen molar-refractivity contribution in [1.29, 1.82) is 0 Å². The topological polar surface area (TPSA) is 122 Å². The molecule has 6 rings (SSSR count). The predicted molar refractivity (Wildman–Crippen MR) is 148 cm³/mol. The lowest BCUT2D eigenvalue weighted by Gasteiger charge is -2.29. The van der Waals surface area contributed by atoms with Gasteiger partial charge in [0.05, 0.1) is 6.04 Å². The third kappa shape index (κ3) is 5.07. The maximum Gasteiger partial charge on any atom is 0.415 e. The number of carbonyl (C=O) groups is 3. The van der Waals surface area contributed by atoms with Crippen molar-refractivity contribution in [2.45, 2.75) is 88.6 Å². The van der Waals surface area contributed by atoms with Crippen molar-refractivity contribution in [1.82, 2.24) is 20.0 Å². The molecule has 0 spiro atoms. The number of carbonyl (C=O) groups excluding carboxylic acids is 3. The number of rotatable bonds is 9. The number of amides is 3. The summed E-state index contributed by atoms with van der Waals surface area (Å²) in [7, 11) is 0. The second-order valence-electron chi connectivity index (χ2n) is 12.6. The quantitative estimate of drug-likeness (QED) is 0.408. The van der Waals surface area contributed by atoms with E-state index in [1.807, 2.05) is 19.9 Å². The average molecular weight is 587 g/mol. The van der Waals surface area contributed by atoms with Gasteiger partial charge in [0.25, 0.3) is 11.8 Å². The van der Waals surface area contributed by atoms with E-state index in [1.54, 1.807) is 29.1 Å². The molecule has 1 aromatic heterocycles. The molecule has 2 saturated carbocycles. The lowest BCUT2D eigenvalue weighted by molar-refractivity contribution is -0.190. The standard InChI is InChI=1S/C30H37F3N6O3/c1-16(2)39-23(11-13-35-39)26(40)37-25(24(17-3-4-17)18-5-6-18)27(41)36-20-8-9-21-19(15-20)7-10-22(21)38-14-12-29(34,28(38)42)30(31,32)33/h8-9,11,13,15-18,22,24-25H,3-7,10,12,14,34H2,1-2H3,(H,36,41)(H,37,40)/t22-,25+,29-/m1/s1. The zero-order valence-corrected chi connectivity index (χ0v) is 23.8. The molecule has 4 aliphatic rings. The van der Waals surface area contributed by atoms with E-state index in [9.17, 15) is 27.6 Å². The molecule has 2 heterocycles. The van der Waals surface area contributed by atoms with Crippen LogP contribution in [-0.2, 0) is 16.0 Å². The normalized spacial score (nSPS) is 24.8. The third-order valence-corrected chi connectivity index (χ3v) is 9.41.